The Hall–Kier alpha value is -1.60. The van der Waals surface area contributed by atoms with Crippen molar-refractivity contribution in [2.75, 3.05) is 32.1 Å². The summed E-state index contributed by atoms with van der Waals surface area (Å²) in [5.74, 6) is 0.994. The Balaban J connectivity index is 2.03. The van der Waals surface area contributed by atoms with E-state index in [0.717, 1.165) is 18.9 Å². The molecule has 96 valence electrons. The van der Waals surface area contributed by atoms with E-state index in [1.165, 1.54) is 19.3 Å². The van der Waals surface area contributed by atoms with Crippen LogP contribution >= 0.6 is 0 Å². The smallest absolute Gasteiger partial charge is 0.128 e. The van der Waals surface area contributed by atoms with Gasteiger partial charge in [0, 0.05) is 25.3 Å². The molecule has 2 heterocycles. The Morgan fingerprint density at radius 1 is 1.33 bits per heavy atom. The highest BCUT2D eigenvalue weighted by Crippen LogP contribution is 2.19. The van der Waals surface area contributed by atoms with Gasteiger partial charge in [-0.3, -0.25) is 0 Å². The zero-order valence-corrected chi connectivity index (χ0v) is 11.1. The van der Waals surface area contributed by atoms with Crippen LogP contribution in [0.25, 0.3) is 0 Å². The highest BCUT2D eigenvalue weighted by atomic mass is 15.2. The lowest BCUT2D eigenvalue weighted by Gasteiger charge is -2.24. The summed E-state index contributed by atoms with van der Waals surface area (Å²) < 4.78 is 0. The molecular formula is C14H20N4. The Morgan fingerprint density at radius 3 is 2.78 bits per heavy atom. The van der Waals surface area contributed by atoms with Crippen molar-refractivity contribution in [1.29, 1.82) is 5.26 Å². The summed E-state index contributed by atoms with van der Waals surface area (Å²) in [6.07, 6.45) is 5.28. The minimum absolute atomic E-state index is 0.625. The maximum absolute atomic E-state index is 8.77. The molecule has 1 aromatic rings. The maximum atomic E-state index is 8.77. The van der Waals surface area contributed by atoms with Crippen molar-refractivity contribution >= 4 is 5.82 Å². The molecule has 2 rings (SSSR count). The van der Waals surface area contributed by atoms with E-state index in [-0.39, 0.29) is 0 Å². The van der Waals surface area contributed by atoms with Gasteiger partial charge in [0.1, 0.15) is 11.9 Å². The molecular weight excluding hydrogens is 224 g/mol. The monoisotopic (exact) mass is 244 g/mol. The first-order valence-corrected chi connectivity index (χ1v) is 6.48. The quantitative estimate of drug-likeness (QED) is 0.796. The molecule has 1 aromatic heterocycles. The zero-order chi connectivity index (χ0) is 13.0. The number of rotatable bonds is 2. The van der Waals surface area contributed by atoms with E-state index in [2.05, 4.69) is 34.9 Å². The molecule has 1 aliphatic rings. The Kier molecular flexibility index (Phi) is 4.16. The molecule has 0 bridgehead atoms. The second kappa shape index (κ2) is 5.83. The lowest BCUT2D eigenvalue weighted by Crippen LogP contribution is -2.30. The van der Waals surface area contributed by atoms with Crippen molar-refractivity contribution in [3.8, 4) is 6.07 Å². The van der Waals surface area contributed by atoms with Gasteiger partial charge < -0.3 is 9.80 Å². The van der Waals surface area contributed by atoms with Crippen LogP contribution in [0.2, 0.25) is 0 Å². The molecule has 0 spiro atoms. The van der Waals surface area contributed by atoms with Crippen molar-refractivity contribution in [2.24, 2.45) is 0 Å². The molecule has 0 radical (unpaired) electrons. The fourth-order valence-corrected chi connectivity index (χ4v) is 2.46. The van der Waals surface area contributed by atoms with Crippen molar-refractivity contribution in [1.82, 2.24) is 9.88 Å². The Bertz CT molecular complexity index is 418. The topological polar surface area (TPSA) is 43.2 Å². The van der Waals surface area contributed by atoms with Crippen molar-refractivity contribution in [3.63, 3.8) is 0 Å². The number of nitrogens with zero attached hydrogens (tertiary/aromatic N) is 4. The third-order valence-electron chi connectivity index (χ3n) is 3.63. The SMILES string of the molecule is CN(C)C1CCCN(c2ccc(C#N)cn2)CC1. The van der Waals surface area contributed by atoms with Crippen LogP contribution in [0.1, 0.15) is 24.8 Å². The molecule has 0 aromatic carbocycles. The van der Waals surface area contributed by atoms with Crippen molar-refractivity contribution in [2.45, 2.75) is 25.3 Å². The average Bonchev–Trinajstić information content (AvgIpc) is 2.64. The van der Waals surface area contributed by atoms with Gasteiger partial charge in [-0.1, -0.05) is 0 Å². The highest BCUT2D eigenvalue weighted by molar-refractivity contribution is 5.41. The molecule has 0 amide bonds. The van der Waals surface area contributed by atoms with E-state index < -0.39 is 0 Å². The summed E-state index contributed by atoms with van der Waals surface area (Å²) >= 11 is 0. The van der Waals surface area contributed by atoms with E-state index >= 15 is 0 Å². The van der Waals surface area contributed by atoms with Crippen molar-refractivity contribution < 1.29 is 0 Å². The molecule has 4 nitrogen and oxygen atoms in total. The zero-order valence-electron chi connectivity index (χ0n) is 11.1. The van der Waals surface area contributed by atoms with Gasteiger partial charge in [-0.15, -0.1) is 0 Å². The van der Waals surface area contributed by atoms with Crippen LogP contribution < -0.4 is 4.90 Å². The number of nitriles is 1. The normalized spacial score (nSPS) is 20.6. The molecule has 1 saturated heterocycles. The molecule has 1 atom stereocenters. The first kappa shape index (κ1) is 12.8. The van der Waals surface area contributed by atoms with Gasteiger partial charge in [-0.2, -0.15) is 5.26 Å². The average molecular weight is 244 g/mol. The number of hydrogen-bond acceptors (Lipinski definition) is 4. The minimum atomic E-state index is 0.625. The number of anilines is 1. The van der Waals surface area contributed by atoms with Crippen LogP contribution in [0.5, 0.6) is 0 Å². The van der Waals surface area contributed by atoms with Gasteiger partial charge in [0.25, 0.3) is 0 Å². The summed E-state index contributed by atoms with van der Waals surface area (Å²) in [6.45, 7) is 2.10. The molecule has 18 heavy (non-hydrogen) atoms. The van der Waals surface area contributed by atoms with Gasteiger partial charge in [0.05, 0.1) is 5.56 Å². The highest BCUT2D eigenvalue weighted by Gasteiger charge is 2.19. The lowest BCUT2D eigenvalue weighted by atomic mass is 10.1. The summed E-state index contributed by atoms with van der Waals surface area (Å²) in [7, 11) is 4.31. The third-order valence-corrected chi connectivity index (χ3v) is 3.63. The minimum Gasteiger partial charge on any atom is -0.357 e. The second-order valence-corrected chi connectivity index (χ2v) is 5.05. The summed E-state index contributed by atoms with van der Waals surface area (Å²) in [5.41, 5.74) is 0.625. The first-order valence-electron chi connectivity index (χ1n) is 6.48. The van der Waals surface area contributed by atoms with Crippen molar-refractivity contribution in [3.05, 3.63) is 23.9 Å². The van der Waals surface area contributed by atoms with Crippen LogP contribution in [0.4, 0.5) is 5.82 Å². The van der Waals surface area contributed by atoms with Crippen LogP contribution in [0.3, 0.4) is 0 Å². The number of hydrogen-bond donors (Lipinski definition) is 0. The first-order chi connectivity index (χ1) is 8.70. The fraction of sp³-hybridized carbons (Fsp3) is 0.571. The second-order valence-electron chi connectivity index (χ2n) is 5.05. The van der Waals surface area contributed by atoms with E-state index in [4.69, 9.17) is 5.26 Å². The Labute approximate surface area is 109 Å². The summed E-state index contributed by atoms with van der Waals surface area (Å²) in [4.78, 5) is 9.01. The van der Waals surface area contributed by atoms with Gasteiger partial charge in [-0.05, 0) is 45.5 Å². The molecule has 4 heteroatoms. The van der Waals surface area contributed by atoms with Gasteiger partial charge in [0.15, 0.2) is 0 Å². The summed E-state index contributed by atoms with van der Waals surface area (Å²) in [5, 5.41) is 8.77. The van der Waals surface area contributed by atoms with Gasteiger partial charge >= 0.3 is 0 Å². The number of pyridine rings is 1. The fourth-order valence-electron chi connectivity index (χ4n) is 2.46. The molecule has 0 N–H and O–H groups in total. The van der Waals surface area contributed by atoms with Gasteiger partial charge in [0.2, 0.25) is 0 Å². The molecule has 0 aliphatic carbocycles. The van der Waals surface area contributed by atoms with E-state index in [9.17, 15) is 0 Å². The molecule has 0 saturated carbocycles. The molecule has 1 fully saturated rings. The van der Waals surface area contributed by atoms with E-state index in [0.29, 0.717) is 11.6 Å². The van der Waals surface area contributed by atoms with Crippen LogP contribution in [0, 0.1) is 11.3 Å². The third kappa shape index (κ3) is 2.99. The largest absolute Gasteiger partial charge is 0.357 e. The Morgan fingerprint density at radius 2 is 2.17 bits per heavy atom. The van der Waals surface area contributed by atoms with E-state index in [1.54, 1.807) is 6.20 Å². The van der Waals surface area contributed by atoms with Gasteiger partial charge in [-0.25, -0.2) is 4.98 Å². The van der Waals surface area contributed by atoms with Crippen LogP contribution in [-0.2, 0) is 0 Å². The molecule has 1 aliphatic heterocycles. The standard InChI is InChI=1S/C14H20N4/c1-17(2)13-4-3-8-18(9-7-13)14-6-5-12(10-15)11-16-14/h5-6,11,13H,3-4,7-9H2,1-2H3. The maximum Gasteiger partial charge on any atom is 0.128 e. The predicted molar refractivity (Wildman–Crippen MR) is 72.5 cm³/mol. The van der Waals surface area contributed by atoms with Crippen LogP contribution in [0.15, 0.2) is 18.3 Å². The number of aromatic nitrogens is 1. The lowest BCUT2D eigenvalue weighted by molar-refractivity contribution is 0.272. The van der Waals surface area contributed by atoms with E-state index in [1.807, 2.05) is 12.1 Å². The molecule has 1 unspecified atom stereocenters. The van der Waals surface area contributed by atoms with Crippen LogP contribution in [-0.4, -0.2) is 43.1 Å². The summed E-state index contributed by atoms with van der Waals surface area (Å²) in [6, 6.07) is 6.57. The predicted octanol–water partition coefficient (Wildman–Crippen LogP) is 1.87.